The summed E-state index contributed by atoms with van der Waals surface area (Å²) in [7, 11) is 1.70. The third-order valence-electron chi connectivity index (χ3n) is 4.87. The first-order valence-corrected chi connectivity index (χ1v) is 9.97. The quantitative estimate of drug-likeness (QED) is 0.608. The molecule has 1 aromatic heterocycles. The molecule has 0 saturated carbocycles. The van der Waals surface area contributed by atoms with Crippen LogP contribution in [0.3, 0.4) is 0 Å². The molecule has 2 aromatic carbocycles. The highest BCUT2D eigenvalue weighted by Crippen LogP contribution is 2.32. The SMILES string of the molecule is COc1cc(/C=C/SN[C@H]2CCc3ccccc32)ccc1-n1cnc(C)c1. The van der Waals surface area contributed by atoms with Crippen LogP contribution >= 0.6 is 11.9 Å². The van der Waals surface area contributed by atoms with Gasteiger partial charge in [-0.05, 0) is 60.1 Å². The fourth-order valence-corrected chi connectivity index (χ4v) is 4.19. The lowest BCUT2D eigenvalue weighted by Gasteiger charge is -2.11. The molecule has 0 amide bonds. The molecule has 0 aliphatic heterocycles. The van der Waals surface area contributed by atoms with E-state index >= 15 is 0 Å². The highest BCUT2D eigenvalue weighted by atomic mass is 32.2. The maximum absolute atomic E-state index is 5.57. The number of hydrogen-bond donors (Lipinski definition) is 1. The number of nitrogens with one attached hydrogen (secondary N) is 1. The van der Waals surface area contributed by atoms with Crippen LogP contribution in [0.15, 0.2) is 60.4 Å². The number of methoxy groups -OCH3 is 1. The van der Waals surface area contributed by atoms with Crippen LogP contribution in [0, 0.1) is 6.92 Å². The summed E-state index contributed by atoms with van der Waals surface area (Å²) in [6.07, 6.45) is 8.22. The van der Waals surface area contributed by atoms with E-state index in [1.807, 2.05) is 30.1 Å². The predicted octanol–water partition coefficient (Wildman–Crippen LogP) is 5.09. The Labute approximate surface area is 164 Å². The van der Waals surface area contributed by atoms with Crippen molar-refractivity contribution >= 4 is 18.0 Å². The molecule has 1 aliphatic carbocycles. The standard InChI is InChI=1S/C22H23N3OS/c1-16-14-25(15-23-16)21-10-7-17(13-22(21)26-2)11-12-27-24-20-9-8-18-5-3-4-6-19(18)20/h3-7,10-15,20,24H,8-9H2,1-2H3/b12-11+/t20-/m0/s1. The fourth-order valence-electron chi connectivity index (χ4n) is 3.48. The second-order valence-corrected chi connectivity index (χ2v) is 7.43. The Morgan fingerprint density at radius 3 is 2.96 bits per heavy atom. The maximum atomic E-state index is 5.57. The van der Waals surface area contributed by atoms with Crippen LogP contribution in [0.5, 0.6) is 5.75 Å². The molecule has 0 unspecified atom stereocenters. The van der Waals surface area contributed by atoms with Gasteiger partial charge in [0.15, 0.2) is 0 Å². The third-order valence-corrected chi connectivity index (χ3v) is 5.56. The molecule has 0 fully saturated rings. The number of aromatic nitrogens is 2. The van der Waals surface area contributed by atoms with Crippen LogP contribution in [0.25, 0.3) is 11.8 Å². The van der Waals surface area contributed by atoms with E-state index < -0.39 is 0 Å². The number of hydrogen-bond acceptors (Lipinski definition) is 4. The number of nitrogens with zero attached hydrogens (tertiary/aromatic N) is 2. The van der Waals surface area contributed by atoms with Gasteiger partial charge in [0.2, 0.25) is 0 Å². The number of rotatable bonds is 6. The van der Waals surface area contributed by atoms with Crippen molar-refractivity contribution < 1.29 is 4.74 Å². The Hall–Kier alpha value is -2.50. The summed E-state index contributed by atoms with van der Waals surface area (Å²) in [5, 5.41) is 2.09. The van der Waals surface area contributed by atoms with Gasteiger partial charge in [0, 0.05) is 12.2 Å². The molecule has 27 heavy (non-hydrogen) atoms. The summed E-state index contributed by atoms with van der Waals surface area (Å²) in [6.45, 7) is 1.98. The smallest absolute Gasteiger partial charge is 0.143 e. The van der Waals surface area contributed by atoms with E-state index in [1.54, 1.807) is 19.1 Å². The second-order valence-electron chi connectivity index (χ2n) is 6.68. The van der Waals surface area contributed by atoms with Gasteiger partial charge >= 0.3 is 0 Å². The van der Waals surface area contributed by atoms with Gasteiger partial charge in [0.05, 0.1) is 24.8 Å². The molecule has 1 atom stereocenters. The molecule has 3 aromatic rings. The Balaban J connectivity index is 1.41. The van der Waals surface area contributed by atoms with Crippen molar-refractivity contribution in [3.63, 3.8) is 0 Å². The van der Waals surface area contributed by atoms with E-state index in [-0.39, 0.29) is 0 Å². The molecule has 4 rings (SSSR count). The molecule has 5 heteroatoms. The fraction of sp³-hybridized carbons (Fsp3) is 0.227. The largest absolute Gasteiger partial charge is 0.495 e. The van der Waals surface area contributed by atoms with Crippen LogP contribution < -0.4 is 9.46 Å². The number of fused-ring (bicyclic) bond motifs is 1. The maximum Gasteiger partial charge on any atom is 0.143 e. The minimum absolute atomic E-state index is 0.428. The lowest BCUT2D eigenvalue weighted by atomic mass is 10.1. The highest BCUT2D eigenvalue weighted by Gasteiger charge is 2.20. The van der Waals surface area contributed by atoms with Crippen LogP contribution in [0.4, 0.5) is 0 Å². The molecule has 0 bridgehead atoms. The van der Waals surface area contributed by atoms with Gasteiger partial charge in [-0.25, -0.2) is 4.98 Å². The van der Waals surface area contributed by atoms with Crippen LogP contribution in [0.1, 0.15) is 34.8 Å². The first-order chi connectivity index (χ1) is 13.2. The minimum atomic E-state index is 0.428. The molecular formula is C22H23N3OS. The molecule has 0 radical (unpaired) electrons. The van der Waals surface area contributed by atoms with E-state index in [1.165, 1.54) is 11.1 Å². The Morgan fingerprint density at radius 2 is 2.15 bits per heavy atom. The zero-order valence-corrected chi connectivity index (χ0v) is 16.4. The summed E-state index contributed by atoms with van der Waals surface area (Å²) in [5.41, 5.74) is 5.98. The second kappa shape index (κ2) is 8.03. The topological polar surface area (TPSA) is 39.1 Å². The van der Waals surface area contributed by atoms with E-state index in [0.29, 0.717) is 6.04 Å². The molecular weight excluding hydrogens is 354 g/mol. The van der Waals surface area contributed by atoms with Gasteiger partial charge in [-0.3, -0.25) is 4.72 Å². The average molecular weight is 378 g/mol. The van der Waals surface area contributed by atoms with Crippen molar-refractivity contribution in [1.29, 1.82) is 0 Å². The zero-order valence-electron chi connectivity index (χ0n) is 15.6. The van der Waals surface area contributed by atoms with Crippen molar-refractivity contribution in [3.05, 3.63) is 82.8 Å². The molecule has 0 saturated heterocycles. The summed E-state index contributed by atoms with van der Waals surface area (Å²) in [4.78, 5) is 4.29. The van der Waals surface area contributed by atoms with Crippen molar-refractivity contribution in [2.24, 2.45) is 0 Å². The van der Waals surface area contributed by atoms with Crippen LogP contribution in [-0.2, 0) is 6.42 Å². The van der Waals surface area contributed by atoms with Gasteiger partial charge in [0.25, 0.3) is 0 Å². The van der Waals surface area contributed by atoms with Crippen molar-refractivity contribution in [2.45, 2.75) is 25.8 Å². The molecule has 0 spiro atoms. The normalized spacial score (nSPS) is 16.0. The van der Waals surface area contributed by atoms with Gasteiger partial charge in [-0.15, -0.1) is 0 Å². The minimum Gasteiger partial charge on any atom is -0.495 e. The van der Waals surface area contributed by atoms with Crippen LogP contribution in [-0.4, -0.2) is 16.7 Å². The van der Waals surface area contributed by atoms with Gasteiger partial charge < -0.3 is 9.30 Å². The van der Waals surface area contributed by atoms with E-state index in [9.17, 15) is 0 Å². The number of benzene rings is 2. The monoisotopic (exact) mass is 377 g/mol. The molecule has 1 heterocycles. The van der Waals surface area contributed by atoms with Gasteiger partial charge in [-0.2, -0.15) is 0 Å². The lowest BCUT2D eigenvalue weighted by Crippen LogP contribution is -2.09. The van der Waals surface area contributed by atoms with Crippen molar-refractivity contribution in [2.75, 3.05) is 7.11 Å². The van der Waals surface area contributed by atoms with Crippen molar-refractivity contribution in [1.82, 2.24) is 14.3 Å². The summed E-state index contributed by atoms with van der Waals surface area (Å²) in [6, 6.07) is 15.3. The Bertz CT molecular complexity index is 964. The third kappa shape index (κ3) is 3.94. The van der Waals surface area contributed by atoms with E-state index in [2.05, 4.69) is 57.6 Å². The van der Waals surface area contributed by atoms with Gasteiger partial charge in [0.1, 0.15) is 5.75 Å². The van der Waals surface area contributed by atoms with E-state index in [0.717, 1.165) is 35.5 Å². The highest BCUT2D eigenvalue weighted by molar-refractivity contribution is 8.00. The lowest BCUT2D eigenvalue weighted by molar-refractivity contribution is 0.413. The predicted molar refractivity (Wildman–Crippen MR) is 112 cm³/mol. The number of aryl methyl sites for hydroxylation is 2. The Morgan fingerprint density at radius 1 is 1.26 bits per heavy atom. The summed E-state index contributed by atoms with van der Waals surface area (Å²) < 4.78 is 11.1. The number of imidazole rings is 1. The van der Waals surface area contributed by atoms with Gasteiger partial charge in [-0.1, -0.05) is 42.3 Å². The molecule has 4 nitrogen and oxygen atoms in total. The first kappa shape index (κ1) is 17.9. The number of ether oxygens (including phenoxy) is 1. The zero-order chi connectivity index (χ0) is 18.6. The van der Waals surface area contributed by atoms with Crippen molar-refractivity contribution in [3.8, 4) is 11.4 Å². The summed E-state index contributed by atoms with van der Waals surface area (Å²) >= 11 is 1.64. The molecule has 1 N–H and O–H groups in total. The molecule has 138 valence electrons. The summed E-state index contributed by atoms with van der Waals surface area (Å²) in [5.74, 6) is 0.831. The first-order valence-electron chi connectivity index (χ1n) is 9.09. The molecule has 1 aliphatic rings. The Kier molecular flexibility index (Phi) is 5.32. The van der Waals surface area contributed by atoms with E-state index in [4.69, 9.17) is 4.74 Å². The van der Waals surface area contributed by atoms with Crippen LogP contribution in [0.2, 0.25) is 0 Å². The average Bonchev–Trinajstić information content (AvgIpc) is 3.31.